The molecule has 1 fully saturated rings. The highest BCUT2D eigenvalue weighted by Crippen LogP contribution is 2.28. The third-order valence-corrected chi connectivity index (χ3v) is 5.07. The minimum Gasteiger partial charge on any atom is -0.387 e. The molecule has 0 aliphatic carbocycles. The Morgan fingerprint density at radius 3 is 2.69 bits per heavy atom. The number of hydrogen-bond donors (Lipinski definition) is 3. The van der Waals surface area contributed by atoms with E-state index >= 15 is 0 Å². The molecule has 1 saturated heterocycles. The van der Waals surface area contributed by atoms with Gasteiger partial charge in [-0.15, -0.1) is 0 Å². The van der Waals surface area contributed by atoms with Gasteiger partial charge in [-0.05, 0) is 49.6 Å². The summed E-state index contributed by atoms with van der Waals surface area (Å²) >= 11 is 0. The molecule has 29 heavy (non-hydrogen) atoms. The predicted molar refractivity (Wildman–Crippen MR) is 109 cm³/mol. The topological polar surface area (TPSA) is 104 Å². The zero-order valence-corrected chi connectivity index (χ0v) is 16.6. The van der Waals surface area contributed by atoms with Crippen LogP contribution in [0, 0.1) is 6.92 Å². The molecule has 1 aliphatic heterocycles. The number of amides is 3. The number of aliphatic hydroxyl groups is 1. The van der Waals surface area contributed by atoms with Gasteiger partial charge in [0.15, 0.2) is 0 Å². The van der Waals surface area contributed by atoms with Gasteiger partial charge < -0.3 is 25.2 Å². The number of carbonyl (C=O) groups is 3. The van der Waals surface area contributed by atoms with Gasteiger partial charge in [0.1, 0.15) is 0 Å². The fourth-order valence-electron chi connectivity index (χ4n) is 3.44. The molecule has 0 radical (unpaired) electrons. The van der Waals surface area contributed by atoms with Crippen LogP contribution in [0.25, 0.3) is 0 Å². The van der Waals surface area contributed by atoms with Gasteiger partial charge in [0.25, 0.3) is 0 Å². The number of carbonyl (C=O) groups excluding carboxylic acids is 3. The third-order valence-electron chi connectivity index (χ3n) is 5.07. The van der Waals surface area contributed by atoms with Gasteiger partial charge in [-0.3, -0.25) is 14.4 Å². The Kier molecular flexibility index (Phi) is 6.33. The van der Waals surface area contributed by atoms with Crippen molar-refractivity contribution in [3.8, 4) is 0 Å². The first-order valence-corrected chi connectivity index (χ1v) is 9.66. The minimum atomic E-state index is -0.791. The van der Waals surface area contributed by atoms with Crippen molar-refractivity contribution >= 4 is 29.1 Å². The summed E-state index contributed by atoms with van der Waals surface area (Å²) in [4.78, 5) is 38.0. The lowest BCUT2D eigenvalue weighted by molar-refractivity contribution is -0.136. The number of aromatic nitrogens is 1. The van der Waals surface area contributed by atoms with Gasteiger partial charge in [-0.25, -0.2) is 0 Å². The molecule has 0 spiro atoms. The van der Waals surface area contributed by atoms with E-state index in [9.17, 15) is 19.5 Å². The number of nitrogens with one attached hydrogen (secondary N) is 2. The Balaban J connectivity index is 1.54. The second kappa shape index (κ2) is 8.91. The van der Waals surface area contributed by atoms with E-state index in [1.54, 1.807) is 27.7 Å². The molecular formula is C21H26N4O4. The predicted octanol–water partition coefficient (Wildman–Crippen LogP) is 1.64. The van der Waals surface area contributed by atoms with Gasteiger partial charge in [-0.1, -0.05) is 6.07 Å². The van der Waals surface area contributed by atoms with E-state index in [2.05, 4.69) is 10.6 Å². The van der Waals surface area contributed by atoms with Crippen LogP contribution < -0.4 is 15.5 Å². The van der Waals surface area contributed by atoms with E-state index in [1.807, 2.05) is 32.3 Å². The van der Waals surface area contributed by atoms with E-state index in [0.717, 1.165) is 23.4 Å². The van der Waals surface area contributed by atoms with E-state index in [-0.39, 0.29) is 12.5 Å². The average molecular weight is 398 g/mol. The van der Waals surface area contributed by atoms with E-state index in [0.29, 0.717) is 25.1 Å². The Hall–Kier alpha value is -3.13. The Labute approximate surface area is 169 Å². The van der Waals surface area contributed by atoms with Crippen LogP contribution in [-0.2, 0) is 21.4 Å². The quantitative estimate of drug-likeness (QED) is 0.644. The summed E-state index contributed by atoms with van der Waals surface area (Å²) in [6.07, 6.45) is 2.73. The normalized spacial score (nSPS) is 14.7. The van der Waals surface area contributed by atoms with Crippen LogP contribution in [0.2, 0.25) is 0 Å². The van der Waals surface area contributed by atoms with Crippen LogP contribution >= 0.6 is 0 Å². The standard InChI is InChI=1S/C21H26N4O4/c1-14-7-8-15(13-17(14)25-12-4-6-19(25)27)23-21(29)20(28)22-10-9-18(26)16-5-3-11-24(16)2/h3,5,7-8,11,13,18,26H,4,6,9-10,12H2,1-2H3,(H,22,28)(H,23,29). The van der Waals surface area contributed by atoms with Crippen molar-refractivity contribution in [2.75, 3.05) is 23.3 Å². The number of benzene rings is 1. The molecule has 1 aromatic heterocycles. The number of aliphatic hydroxyl groups excluding tert-OH is 1. The third kappa shape index (κ3) is 4.83. The maximum Gasteiger partial charge on any atom is 0.313 e. The fraction of sp³-hybridized carbons (Fsp3) is 0.381. The molecule has 1 aromatic carbocycles. The average Bonchev–Trinajstić information content (AvgIpc) is 3.31. The number of anilines is 2. The Morgan fingerprint density at radius 1 is 1.24 bits per heavy atom. The van der Waals surface area contributed by atoms with Crippen molar-refractivity contribution in [3.63, 3.8) is 0 Å². The van der Waals surface area contributed by atoms with Gasteiger partial charge in [0, 0.05) is 49.8 Å². The lowest BCUT2D eigenvalue weighted by Gasteiger charge is -2.19. The van der Waals surface area contributed by atoms with Gasteiger partial charge >= 0.3 is 11.8 Å². The van der Waals surface area contributed by atoms with Crippen LogP contribution in [0.4, 0.5) is 11.4 Å². The zero-order chi connectivity index (χ0) is 21.0. The summed E-state index contributed by atoms with van der Waals surface area (Å²) in [5, 5.41) is 15.2. The molecule has 2 heterocycles. The second-order valence-electron chi connectivity index (χ2n) is 7.21. The van der Waals surface area contributed by atoms with E-state index in [1.165, 1.54) is 0 Å². The van der Waals surface area contributed by atoms with Gasteiger partial charge in [0.05, 0.1) is 6.10 Å². The lowest BCUT2D eigenvalue weighted by atomic mass is 10.1. The summed E-state index contributed by atoms with van der Waals surface area (Å²) in [5.41, 5.74) is 2.87. The summed E-state index contributed by atoms with van der Waals surface area (Å²) in [6.45, 7) is 2.72. The van der Waals surface area contributed by atoms with E-state index < -0.39 is 17.9 Å². The van der Waals surface area contributed by atoms with Crippen molar-refractivity contribution in [1.82, 2.24) is 9.88 Å². The highest BCUT2D eigenvalue weighted by atomic mass is 16.3. The molecule has 8 nitrogen and oxygen atoms in total. The summed E-state index contributed by atoms with van der Waals surface area (Å²) in [5.74, 6) is -1.50. The van der Waals surface area contributed by atoms with Crippen molar-refractivity contribution in [2.45, 2.75) is 32.3 Å². The first-order chi connectivity index (χ1) is 13.9. The number of rotatable bonds is 6. The number of nitrogens with zero attached hydrogens (tertiary/aromatic N) is 2. The molecule has 3 amide bonds. The SMILES string of the molecule is Cc1ccc(NC(=O)C(=O)NCCC(O)c2cccn2C)cc1N1CCCC1=O. The highest BCUT2D eigenvalue weighted by molar-refractivity contribution is 6.39. The van der Waals surface area contributed by atoms with E-state index in [4.69, 9.17) is 0 Å². The first-order valence-electron chi connectivity index (χ1n) is 9.66. The minimum absolute atomic E-state index is 0.0612. The molecule has 1 atom stereocenters. The number of aryl methyl sites for hydroxylation is 2. The molecule has 0 bridgehead atoms. The van der Waals surface area contributed by atoms with Crippen molar-refractivity contribution < 1.29 is 19.5 Å². The molecular weight excluding hydrogens is 372 g/mol. The van der Waals surface area contributed by atoms with Crippen molar-refractivity contribution in [2.24, 2.45) is 7.05 Å². The molecule has 3 rings (SSSR count). The molecule has 1 unspecified atom stereocenters. The molecule has 1 aliphatic rings. The number of hydrogen-bond acceptors (Lipinski definition) is 4. The molecule has 2 aromatic rings. The maximum absolute atomic E-state index is 12.2. The van der Waals surface area contributed by atoms with Crippen LogP contribution in [0.15, 0.2) is 36.5 Å². The second-order valence-corrected chi connectivity index (χ2v) is 7.21. The zero-order valence-electron chi connectivity index (χ0n) is 16.6. The summed E-state index contributed by atoms with van der Waals surface area (Å²) < 4.78 is 1.80. The van der Waals surface area contributed by atoms with Crippen molar-refractivity contribution in [3.05, 3.63) is 47.8 Å². The monoisotopic (exact) mass is 398 g/mol. The molecule has 154 valence electrons. The fourth-order valence-corrected chi connectivity index (χ4v) is 3.44. The maximum atomic E-state index is 12.2. The van der Waals surface area contributed by atoms with Crippen LogP contribution in [-0.4, -0.2) is 40.5 Å². The first kappa shape index (κ1) is 20.6. The van der Waals surface area contributed by atoms with Gasteiger partial charge in [0.2, 0.25) is 5.91 Å². The van der Waals surface area contributed by atoms with Crippen LogP contribution in [0.3, 0.4) is 0 Å². The molecule has 8 heteroatoms. The Morgan fingerprint density at radius 2 is 2.03 bits per heavy atom. The largest absolute Gasteiger partial charge is 0.387 e. The van der Waals surface area contributed by atoms with Crippen LogP contribution in [0.1, 0.15) is 36.6 Å². The van der Waals surface area contributed by atoms with Crippen molar-refractivity contribution in [1.29, 1.82) is 0 Å². The van der Waals surface area contributed by atoms with Gasteiger partial charge in [-0.2, -0.15) is 0 Å². The summed E-state index contributed by atoms with van der Waals surface area (Å²) in [6, 6.07) is 8.85. The molecule has 0 saturated carbocycles. The molecule has 3 N–H and O–H groups in total. The smallest absolute Gasteiger partial charge is 0.313 e. The Bertz CT molecular complexity index is 921. The van der Waals surface area contributed by atoms with Crippen LogP contribution in [0.5, 0.6) is 0 Å². The summed E-state index contributed by atoms with van der Waals surface area (Å²) in [7, 11) is 1.83. The lowest BCUT2D eigenvalue weighted by Crippen LogP contribution is -2.36. The highest BCUT2D eigenvalue weighted by Gasteiger charge is 2.23.